The summed E-state index contributed by atoms with van der Waals surface area (Å²) in [7, 11) is -1.85. The molecule has 1 unspecified atom stereocenters. The third-order valence-corrected chi connectivity index (χ3v) is 5.64. The quantitative estimate of drug-likeness (QED) is 0.596. The van der Waals surface area contributed by atoms with Crippen LogP contribution in [0.1, 0.15) is 25.8 Å². The van der Waals surface area contributed by atoms with Crippen molar-refractivity contribution in [1.82, 2.24) is 0 Å². The Balaban J connectivity index is 2.25. The molecule has 0 aliphatic heterocycles. The second kappa shape index (κ2) is 8.55. The minimum absolute atomic E-state index is 0.244. The van der Waals surface area contributed by atoms with Gasteiger partial charge in [0.1, 0.15) is 5.75 Å². The summed E-state index contributed by atoms with van der Waals surface area (Å²) in [5.74, 6) is 6.79. The zero-order chi connectivity index (χ0) is 18.3. The first-order chi connectivity index (χ1) is 11.9. The van der Waals surface area contributed by atoms with E-state index in [2.05, 4.69) is 11.8 Å². The zero-order valence-electron chi connectivity index (χ0n) is 14.7. The SMILES string of the molecule is COc1ccc(C#CCC(C=C(C)C)S(=O)(=O)c2ccccc2)cc1. The molecule has 0 aliphatic rings. The Morgan fingerprint density at radius 1 is 1.08 bits per heavy atom. The fourth-order valence-electron chi connectivity index (χ4n) is 2.34. The molecule has 130 valence electrons. The largest absolute Gasteiger partial charge is 0.497 e. The van der Waals surface area contributed by atoms with Gasteiger partial charge in [0.2, 0.25) is 0 Å². The van der Waals surface area contributed by atoms with Crippen LogP contribution in [-0.4, -0.2) is 20.8 Å². The van der Waals surface area contributed by atoms with E-state index in [4.69, 9.17) is 4.74 Å². The summed E-state index contributed by atoms with van der Waals surface area (Å²) in [5.41, 5.74) is 1.78. The molecule has 0 aliphatic carbocycles. The molecule has 0 aromatic heterocycles. The van der Waals surface area contributed by atoms with E-state index in [1.165, 1.54) is 0 Å². The van der Waals surface area contributed by atoms with E-state index in [9.17, 15) is 8.42 Å². The number of methoxy groups -OCH3 is 1. The molecule has 0 saturated carbocycles. The Kier molecular flexibility index (Phi) is 6.44. The lowest BCUT2D eigenvalue weighted by atomic mass is 10.2. The van der Waals surface area contributed by atoms with Gasteiger partial charge < -0.3 is 4.74 Å². The Labute approximate surface area is 150 Å². The van der Waals surface area contributed by atoms with Gasteiger partial charge in [-0.25, -0.2) is 8.42 Å². The molecule has 2 aromatic carbocycles. The highest BCUT2D eigenvalue weighted by Crippen LogP contribution is 2.20. The average molecular weight is 354 g/mol. The molecule has 25 heavy (non-hydrogen) atoms. The third-order valence-electron chi connectivity index (χ3n) is 3.62. The van der Waals surface area contributed by atoms with Crippen molar-refractivity contribution in [1.29, 1.82) is 0 Å². The van der Waals surface area contributed by atoms with Crippen molar-refractivity contribution in [3.63, 3.8) is 0 Å². The van der Waals surface area contributed by atoms with E-state index < -0.39 is 15.1 Å². The van der Waals surface area contributed by atoms with Gasteiger partial charge in [-0.3, -0.25) is 0 Å². The highest BCUT2D eigenvalue weighted by Gasteiger charge is 2.24. The molecule has 4 heteroatoms. The lowest BCUT2D eigenvalue weighted by Crippen LogP contribution is -2.19. The lowest BCUT2D eigenvalue weighted by Gasteiger charge is -2.12. The molecule has 2 aromatic rings. The van der Waals surface area contributed by atoms with Crippen molar-refractivity contribution in [2.75, 3.05) is 7.11 Å². The predicted molar refractivity (Wildman–Crippen MR) is 101 cm³/mol. The van der Waals surface area contributed by atoms with Crippen LogP contribution in [0.4, 0.5) is 0 Å². The molecule has 2 rings (SSSR count). The van der Waals surface area contributed by atoms with Crippen molar-refractivity contribution < 1.29 is 13.2 Å². The number of rotatable bonds is 5. The average Bonchev–Trinajstić information content (AvgIpc) is 2.62. The highest BCUT2D eigenvalue weighted by atomic mass is 32.2. The first-order valence-corrected chi connectivity index (χ1v) is 9.55. The molecule has 0 heterocycles. The summed E-state index contributed by atoms with van der Waals surface area (Å²) in [4.78, 5) is 0.323. The highest BCUT2D eigenvalue weighted by molar-refractivity contribution is 7.92. The van der Waals surface area contributed by atoms with Gasteiger partial charge in [0, 0.05) is 12.0 Å². The van der Waals surface area contributed by atoms with Crippen molar-refractivity contribution in [3.8, 4) is 17.6 Å². The first-order valence-electron chi connectivity index (χ1n) is 8.00. The molecular formula is C21H22O3S. The van der Waals surface area contributed by atoms with Crippen LogP contribution in [0.5, 0.6) is 5.75 Å². The van der Waals surface area contributed by atoms with E-state index in [0.29, 0.717) is 4.90 Å². The monoisotopic (exact) mass is 354 g/mol. The molecule has 0 amide bonds. The van der Waals surface area contributed by atoms with E-state index in [1.54, 1.807) is 43.5 Å². The maximum Gasteiger partial charge on any atom is 0.185 e. The summed E-state index contributed by atoms with van der Waals surface area (Å²) < 4.78 is 30.8. The maximum atomic E-state index is 12.9. The van der Waals surface area contributed by atoms with E-state index in [1.807, 2.05) is 38.1 Å². The molecule has 0 radical (unpaired) electrons. The Bertz CT molecular complexity index is 880. The molecule has 0 bridgehead atoms. The predicted octanol–water partition coefficient (Wildman–Crippen LogP) is 4.25. The molecule has 1 atom stereocenters. The normalized spacial score (nSPS) is 11.8. The minimum atomic E-state index is -3.46. The first kappa shape index (κ1) is 18.8. The number of hydrogen-bond donors (Lipinski definition) is 0. The second-order valence-electron chi connectivity index (χ2n) is 5.87. The van der Waals surface area contributed by atoms with Gasteiger partial charge in [-0.15, -0.1) is 0 Å². The standard InChI is InChI=1S/C21H22O3S/c1-17(2)16-21(25(22,23)20-9-5-4-6-10-20)11-7-8-18-12-14-19(24-3)15-13-18/h4-6,9-10,12-16,21H,11H2,1-3H3. The van der Waals surface area contributed by atoms with Crippen LogP contribution in [0.3, 0.4) is 0 Å². The maximum absolute atomic E-state index is 12.9. The second-order valence-corrected chi connectivity index (χ2v) is 8.04. The molecular weight excluding hydrogens is 332 g/mol. The van der Waals surface area contributed by atoms with Crippen LogP contribution >= 0.6 is 0 Å². The van der Waals surface area contributed by atoms with Gasteiger partial charge in [-0.05, 0) is 50.2 Å². The van der Waals surface area contributed by atoms with Crippen molar-refractivity contribution >= 4 is 9.84 Å². The minimum Gasteiger partial charge on any atom is -0.497 e. The van der Waals surface area contributed by atoms with Gasteiger partial charge >= 0.3 is 0 Å². The molecule has 0 saturated heterocycles. The van der Waals surface area contributed by atoms with Crippen LogP contribution in [0.25, 0.3) is 0 Å². The van der Waals surface area contributed by atoms with Gasteiger partial charge in [0.15, 0.2) is 9.84 Å². The van der Waals surface area contributed by atoms with Gasteiger partial charge in [-0.2, -0.15) is 0 Å². The number of allylic oxidation sites excluding steroid dienone is 1. The Morgan fingerprint density at radius 2 is 1.72 bits per heavy atom. The van der Waals surface area contributed by atoms with Gasteiger partial charge in [0.05, 0.1) is 17.3 Å². The van der Waals surface area contributed by atoms with Crippen LogP contribution in [0.2, 0.25) is 0 Å². The number of hydrogen-bond acceptors (Lipinski definition) is 3. The van der Waals surface area contributed by atoms with Crippen molar-refractivity contribution in [2.24, 2.45) is 0 Å². The lowest BCUT2D eigenvalue weighted by molar-refractivity contribution is 0.415. The number of ether oxygens (including phenoxy) is 1. The summed E-state index contributed by atoms with van der Waals surface area (Å²) >= 11 is 0. The Morgan fingerprint density at radius 3 is 2.28 bits per heavy atom. The van der Waals surface area contributed by atoms with E-state index in [-0.39, 0.29) is 6.42 Å². The van der Waals surface area contributed by atoms with Crippen LogP contribution in [0, 0.1) is 11.8 Å². The van der Waals surface area contributed by atoms with Crippen molar-refractivity contribution in [3.05, 3.63) is 71.8 Å². The summed E-state index contributed by atoms with van der Waals surface area (Å²) in [6.45, 7) is 3.79. The number of benzene rings is 2. The van der Waals surface area contributed by atoms with Crippen LogP contribution < -0.4 is 4.74 Å². The Hall–Kier alpha value is -2.51. The summed E-state index contributed by atoms with van der Waals surface area (Å²) in [6, 6.07) is 15.9. The molecule has 0 N–H and O–H groups in total. The smallest absolute Gasteiger partial charge is 0.185 e. The topological polar surface area (TPSA) is 43.4 Å². The summed E-state index contributed by atoms with van der Waals surface area (Å²) in [5, 5.41) is -0.661. The third kappa shape index (κ3) is 5.23. The summed E-state index contributed by atoms with van der Waals surface area (Å²) in [6.07, 6.45) is 2.01. The van der Waals surface area contributed by atoms with E-state index in [0.717, 1.165) is 16.9 Å². The molecule has 0 spiro atoms. The van der Waals surface area contributed by atoms with Gasteiger partial charge in [0.25, 0.3) is 0 Å². The van der Waals surface area contributed by atoms with Crippen molar-refractivity contribution in [2.45, 2.75) is 30.4 Å². The molecule has 0 fully saturated rings. The van der Waals surface area contributed by atoms with Crippen LogP contribution in [0.15, 0.2) is 71.1 Å². The van der Waals surface area contributed by atoms with Gasteiger partial charge in [-0.1, -0.05) is 41.7 Å². The van der Waals surface area contributed by atoms with E-state index >= 15 is 0 Å². The van der Waals surface area contributed by atoms with Crippen LogP contribution in [-0.2, 0) is 9.84 Å². The zero-order valence-corrected chi connectivity index (χ0v) is 15.5. The molecule has 3 nitrogen and oxygen atoms in total. The fourth-order valence-corrected chi connectivity index (χ4v) is 3.98. The fraction of sp³-hybridized carbons (Fsp3) is 0.238. The number of sulfone groups is 1.